The predicted molar refractivity (Wildman–Crippen MR) is 70.2 cm³/mol. The van der Waals surface area contributed by atoms with Gasteiger partial charge in [0.2, 0.25) is 0 Å². The minimum atomic E-state index is 0.126. The van der Waals surface area contributed by atoms with Gasteiger partial charge >= 0.3 is 0 Å². The Labute approximate surface area is 98.2 Å². The van der Waals surface area contributed by atoms with Crippen LogP contribution < -0.4 is 15.4 Å². The Morgan fingerprint density at radius 2 is 2.00 bits per heavy atom. The summed E-state index contributed by atoms with van der Waals surface area (Å²) in [5.74, 6) is 0.733. The number of benzene rings is 1. The summed E-state index contributed by atoms with van der Waals surface area (Å²) in [6, 6.07) is 5.89. The van der Waals surface area contributed by atoms with Gasteiger partial charge in [-0.15, -0.1) is 0 Å². The lowest BCUT2D eigenvalue weighted by molar-refractivity contribution is 0.416. The van der Waals surface area contributed by atoms with Gasteiger partial charge in [-0.3, -0.25) is 0 Å². The molecule has 3 heteroatoms. The van der Waals surface area contributed by atoms with Crippen molar-refractivity contribution in [3.8, 4) is 5.75 Å². The third kappa shape index (κ3) is 2.40. The number of rotatable bonds is 4. The van der Waals surface area contributed by atoms with Crippen molar-refractivity contribution in [1.29, 1.82) is 0 Å². The Bertz CT molecular complexity index is 361. The van der Waals surface area contributed by atoms with Crippen LogP contribution in [0, 0.1) is 0 Å². The van der Waals surface area contributed by atoms with Crippen LogP contribution in [-0.2, 0) is 0 Å². The molecule has 0 aliphatic carbocycles. The van der Waals surface area contributed by atoms with Crippen molar-refractivity contribution in [2.45, 2.75) is 32.7 Å². The molecule has 0 unspecified atom stereocenters. The number of hydrogen-bond donors (Lipinski definition) is 1. The topological polar surface area (TPSA) is 38.5 Å². The van der Waals surface area contributed by atoms with Gasteiger partial charge in [0.05, 0.1) is 12.8 Å². The molecule has 1 aromatic carbocycles. The van der Waals surface area contributed by atoms with E-state index < -0.39 is 0 Å². The fourth-order valence-corrected chi connectivity index (χ4v) is 1.50. The fraction of sp³-hybridized carbons (Fsp3) is 0.538. The standard InChI is InChI=1S/C13H22N2O/c1-6-13(2,3)15(4)10-7-8-11(14)12(9-10)16-5/h7-9H,6,14H2,1-5H3. The van der Waals surface area contributed by atoms with Gasteiger partial charge in [-0.2, -0.15) is 0 Å². The first-order valence-corrected chi connectivity index (χ1v) is 5.59. The van der Waals surface area contributed by atoms with E-state index in [1.807, 2.05) is 18.2 Å². The van der Waals surface area contributed by atoms with E-state index in [1.165, 1.54) is 0 Å². The van der Waals surface area contributed by atoms with Gasteiger partial charge in [-0.05, 0) is 32.4 Å². The lowest BCUT2D eigenvalue weighted by Crippen LogP contribution is -2.40. The number of nitrogen functional groups attached to an aromatic ring is 1. The highest BCUT2D eigenvalue weighted by atomic mass is 16.5. The molecule has 0 aromatic heterocycles. The van der Waals surface area contributed by atoms with Crippen LogP contribution >= 0.6 is 0 Å². The van der Waals surface area contributed by atoms with Crippen molar-refractivity contribution < 1.29 is 4.74 Å². The van der Waals surface area contributed by atoms with Crippen LogP contribution in [0.2, 0.25) is 0 Å². The van der Waals surface area contributed by atoms with Crippen molar-refractivity contribution in [2.24, 2.45) is 0 Å². The molecule has 90 valence electrons. The van der Waals surface area contributed by atoms with Gasteiger partial charge in [-0.1, -0.05) is 6.92 Å². The molecule has 16 heavy (non-hydrogen) atoms. The third-order valence-electron chi connectivity index (χ3n) is 3.38. The van der Waals surface area contributed by atoms with Crippen LogP contribution in [0.1, 0.15) is 27.2 Å². The molecule has 0 atom stereocenters. The summed E-state index contributed by atoms with van der Waals surface area (Å²) in [6.45, 7) is 6.62. The molecule has 0 bridgehead atoms. The molecule has 2 N–H and O–H groups in total. The molecule has 3 nitrogen and oxygen atoms in total. The van der Waals surface area contributed by atoms with Crippen LogP contribution in [0.25, 0.3) is 0 Å². The van der Waals surface area contributed by atoms with Crippen LogP contribution in [0.4, 0.5) is 11.4 Å². The molecule has 0 fully saturated rings. The Balaban J connectivity index is 3.05. The summed E-state index contributed by atoms with van der Waals surface area (Å²) in [6.07, 6.45) is 1.08. The summed E-state index contributed by atoms with van der Waals surface area (Å²) in [4.78, 5) is 2.24. The van der Waals surface area contributed by atoms with E-state index in [9.17, 15) is 0 Å². The third-order valence-corrected chi connectivity index (χ3v) is 3.38. The highest BCUT2D eigenvalue weighted by Gasteiger charge is 2.21. The summed E-state index contributed by atoms with van der Waals surface area (Å²) >= 11 is 0. The van der Waals surface area contributed by atoms with E-state index in [-0.39, 0.29) is 5.54 Å². The minimum Gasteiger partial charge on any atom is -0.495 e. The minimum absolute atomic E-state index is 0.126. The smallest absolute Gasteiger partial charge is 0.143 e. The van der Waals surface area contributed by atoms with Gasteiger partial charge in [0.1, 0.15) is 5.75 Å². The van der Waals surface area contributed by atoms with E-state index >= 15 is 0 Å². The number of nitrogens with two attached hydrogens (primary N) is 1. The predicted octanol–water partition coefficient (Wildman–Crippen LogP) is 2.90. The average molecular weight is 222 g/mol. The second kappa shape index (κ2) is 4.64. The first kappa shape index (κ1) is 12.7. The quantitative estimate of drug-likeness (QED) is 0.796. The number of nitrogens with zero attached hydrogens (tertiary/aromatic N) is 1. The number of methoxy groups -OCH3 is 1. The Morgan fingerprint density at radius 1 is 1.38 bits per heavy atom. The lowest BCUT2D eigenvalue weighted by atomic mass is 9.99. The van der Waals surface area contributed by atoms with Gasteiger partial charge in [0.15, 0.2) is 0 Å². The Morgan fingerprint density at radius 3 is 2.50 bits per heavy atom. The van der Waals surface area contributed by atoms with Gasteiger partial charge < -0.3 is 15.4 Å². The highest BCUT2D eigenvalue weighted by Crippen LogP contribution is 2.31. The molecule has 0 aliphatic rings. The average Bonchev–Trinajstić information content (AvgIpc) is 2.28. The van der Waals surface area contributed by atoms with Gasteiger partial charge in [-0.25, -0.2) is 0 Å². The van der Waals surface area contributed by atoms with E-state index in [4.69, 9.17) is 10.5 Å². The fourth-order valence-electron chi connectivity index (χ4n) is 1.50. The van der Waals surface area contributed by atoms with E-state index in [0.717, 1.165) is 17.9 Å². The van der Waals surface area contributed by atoms with Crippen molar-refractivity contribution in [2.75, 3.05) is 24.8 Å². The summed E-state index contributed by atoms with van der Waals surface area (Å²) < 4.78 is 5.23. The lowest BCUT2D eigenvalue weighted by Gasteiger charge is -2.37. The number of anilines is 2. The highest BCUT2D eigenvalue weighted by molar-refractivity contribution is 5.62. The van der Waals surface area contributed by atoms with E-state index in [0.29, 0.717) is 5.69 Å². The monoisotopic (exact) mass is 222 g/mol. The zero-order valence-electron chi connectivity index (χ0n) is 10.9. The summed E-state index contributed by atoms with van der Waals surface area (Å²) in [5.41, 5.74) is 7.72. The molecule has 0 heterocycles. The molecule has 1 aromatic rings. The van der Waals surface area contributed by atoms with Crippen LogP contribution in [0.3, 0.4) is 0 Å². The molecule has 1 rings (SSSR count). The molecule has 0 saturated heterocycles. The maximum Gasteiger partial charge on any atom is 0.143 e. The normalized spacial score (nSPS) is 11.3. The second-order valence-corrected chi connectivity index (χ2v) is 4.65. The first-order valence-electron chi connectivity index (χ1n) is 5.59. The Hall–Kier alpha value is -1.38. The molecular formula is C13H22N2O. The second-order valence-electron chi connectivity index (χ2n) is 4.65. The molecule has 0 amide bonds. The number of ether oxygens (including phenoxy) is 1. The van der Waals surface area contributed by atoms with E-state index in [1.54, 1.807) is 7.11 Å². The largest absolute Gasteiger partial charge is 0.495 e. The molecule has 0 radical (unpaired) electrons. The molecule has 0 saturated carbocycles. The molecule has 0 aliphatic heterocycles. The summed E-state index contributed by atoms with van der Waals surface area (Å²) in [7, 11) is 3.73. The van der Waals surface area contributed by atoms with Crippen LogP contribution in [0.5, 0.6) is 5.75 Å². The van der Waals surface area contributed by atoms with Crippen LogP contribution in [0.15, 0.2) is 18.2 Å². The molecular weight excluding hydrogens is 200 g/mol. The zero-order chi connectivity index (χ0) is 12.3. The maximum absolute atomic E-state index is 5.80. The van der Waals surface area contributed by atoms with Crippen molar-refractivity contribution in [3.05, 3.63) is 18.2 Å². The first-order chi connectivity index (χ1) is 7.42. The Kier molecular flexibility index (Phi) is 3.68. The maximum atomic E-state index is 5.80. The number of hydrogen-bond acceptors (Lipinski definition) is 3. The van der Waals surface area contributed by atoms with Gasteiger partial charge in [0.25, 0.3) is 0 Å². The van der Waals surface area contributed by atoms with Crippen molar-refractivity contribution >= 4 is 11.4 Å². The van der Waals surface area contributed by atoms with Crippen molar-refractivity contribution in [3.63, 3.8) is 0 Å². The SMILES string of the molecule is CCC(C)(C)N(C)c1ccc(N)c(OC)c1. The van der Waals surface area contributed by atoms with Crippen molar-refractivity contribution in [1.82, 2.24) is 0 Å². The summed E-state index contributed by atoms with van der Waals surface area (Å²) in [5, 5.41) is 0. The van der Waals surface area contributed by atoms with Gasteiger partial charge in [0, 0.05) is 24.3 Å². The molecule has 0 spiro atoms. The van der Waals surface area contributed by atoms with Crippen LogP contribution in [-0.4, -0.2) is 19.7 Å². The van der Waals surface area contributed by atoms with E-state index in [2.05, 4.69) is 32.7 Å². The zero-order valence-corrected chi connectivity index (χ0v) is 10.9.